The predicted octanol–water partition coefficient (Wildman–Crippen LogP) is 3.14. The topological polar surface area (TPSA) is 54.0 Å². The highest BCUT2D eigenvalue weighted by atomic mass is 32.1. The van der Waals surface area contributed by atoms with E-state index in [2.05, 4.69) is 29.5 Å². The second-order valence-corrected chi connectivity index (χ2v) is 6.05. The quantitative estimate of drug-likeness (QED) is 0.902. The number of hydrogen-bond donors (Lipinski definition) is 2. The van der Waals surface area contributed by atoms with E-state index in [1.54, 1.807) is 11.3 Å². The lowest BCUT2D eigenvalue weighted by atomic mass is 10.1. The van der Waals surface area contributed by atoms with Crippen molar-refractivity contribution < 1.29 is 4.79 Å². The summed E-state index contributed by atoms with van der Waals surface area (Å²) in [6.07, 6.45) is 0. The Morgan fingerprint density at radius 1 is 1.32 bits per heavy atom. The maximum absolute atomic E-state index is 11.7. The van der Waals surface area contributed by atoms with Crippen molar-refractivity contribution in [2.75, 3.05) is 0 Å². The molecule has 1 atom stereocenters. The lowest BCUT2D eigenvalue weighted by molar-refractivity contribution is 0.234. The molecule has 1 aromatic carbocycles. The highest BCUT2D eigenvalue weighted by molar-refractivity contribution is 7.18. The van der Waals surface area contributed by atoms with E-state index in [1.807, 2.05) is 31.2 Å². The molecule has 0 aliphatic carbocycles. The third-order valence-electron chi connectivity index (χ3n) is 3.10. The maximum Gasteiger partial charge on any atom is 0.315 e. The van der Waals surface area contributed by atoms with Crippen LogP contribution in [-0.4, -0.2) is 17.1 Å². The Bertz CT molecular complexity index is 532. The summed E-state index contributed by atoms with van der Waals surface area (Å²) in [5.74, 6) is 0.424. The zero-order valence-electron chi connectivity index (χ0n) is 11.4. The smallest absolute Gasteiger partial charge is 0.315 e. The minimum Gasteiger partial charge on any atom is -0.335 e. The number of thiazole rings is 1. The summed E-state index contributed by atoms with van der Waals surface area (Å²) in [6.45, 7) is 6.63. The van der Waals surface area contributed by atoms with Crippen LogP contribution in [0.2, 0.25) is 0 Å². The number of urea groups is 1. The first kappa shape index (κ1) is 13.8. The van der Waals surface area contributed by atoms with Crippen LogP contribution >= 0.6 is 11.3 Å². The zero-order valence-corrected chi connectivity index (χ0v) is 12.3. The molecule has 2 rings (SSSR count). The molecule has 0 spiro atoms. The monoisotopic (exact) mass is 277 g/mol. The number of carbonyl (C=O) groups excluding carboxylic acids is 1. The fourth-order valence-electron chi connectivity index (χ4n) is 1.58. The van der Waals surface area contributed by atoms with Crippen LogP contribution in [0, 0.1) is 5.92 Å². The molecular weight excluding hydrogens is 258 g/mol. The van der Waals surface area contributed by atoms with E-state index in [9.17, 15) is 4.79 Å². The molecule has 0 saturated heterocycles. The number of benzene rings is 1. The zero-order chi connectivity index (χ0) is 13.8. The van der Waals surface area contributed by atoms with Gasteiger partial charge in [0.05, 0.1) is 16.8 Å². The maximum atomic E-state index is 11.7. The number of nitrogens with zero attached hydrogens (tertiary/aromatic N) is 1. The minimum atomic E-state index is -0.138. The summed E-state index contributed by atoms with van der Waals surface area (Å²) >= 11 is 1.61. The Labute approximate surface area is 117 Å². The fourth-order valence-corrected chi connectivity index (χ4v) is 2.48. The number of nitrogens with one attached hydrogen (secondary N) is 2. The number of carbonyl (C=O) groups is 1. The highest BCUT2D eigenvalue weighted by Crippen LogP contribution is 2.21. The Balaban J connectivity index is 1.90. The van der Waals surface area contributed by atoms with Crippen molar-refractivity contribution in [3.8, 4) is 0 Å². The molecule has 5 heteroatoms. The number of amides is 2. The molecule has 2 N–H and O–H groups in total. The average Bonchev–Trinajstić information content (AvgIpc) is 2.78. The van der Waals surface area contributed by atoms with Gasteiger partial charge in [0.25, 0.3) is 0 Å². The van der Waals surface area contributed by atoms with Crippen molar-refractivity contribution in [1.29, 1.82) is 0 Å². The molecule has 102 valence electrons. The molecule has 2 amide bonds. The first-order valence-electron chi connectivity index (χ1n) is 6.45. The van der Waals surface area contributed by atoms with Gasteiger partial charge < -0.3 is 10.6 Å². The molecule has 1 heterocycles. The minimum absolute atomic E-state index is 0.138. The summed E-state index contributed by atoms with van der Waals surface area (Å²) in [5, 5.41) is 6.68. The second-order valence-electron chi connectivity index (χ2n) is 4.94. The van der Waals surface area contributed by atoms with Gasteiger partial charge in [-0.3, -0.25) is 0 Å². The first-order valence-corrected chi connectivity index (χ1v) is 7.26. The Kier molecular flexibility index (Phi) is 4.37. The van der Waals surface area contributed by atoms with Crippen LogP contribution in [0.5, 0.6) is 0 Å². The van der Waals surface area contributed by atoms with Gasteiger partial charge in [0.15, 0.2) is 0 Å². The Morgan fingerprint density at radius 2 is 2.05 bits per heavy atom. The Hall–Kier alpha value is -1.62. The van der Waals surface area contributed by atoms with Crippen molar-refractivity contribution in [3.63, 3.8) is 0 Å². The van der Waals surface area contributed by atoms with Gasteiger partial charge in [0.1, 0.15) is 5.01 Å². The largest absolute Gasteiger partial charge is 0.335 e. The molecule has 0 aliphatic heterocycles. The van der Waals surface area contributed by atoms with Crippen LogP contribution in [0.4, 0.5) is 4.79 Å². The van der Waals surface area contributed by atoms with Gasteiger partial charge in [-0.2, -0.15) is 0 Å². The van der Waals surface area contributed by atoms with Gasteiger partial charge in [-0.25, -0.2) is 9.78 Å². The molecule has 0 saturated carbocycles. The van der Waals surface area contributed by atoms with Crippen LogP contribution in [0.25, 0.3) is 10.2 Å². The molecule has 4 nitrogen and oxygen atoms in total. The molecular formula is C14H19N3OS. The summed E-state index contributed by atoms with van der Waals surface area (Å²) in [6, 6.07) is 8.01. The number of hydrogen-bond acceptors (Lipinski definition) is 3. The lowest BCUT2D eigenvalue weighted by Gasteiger charge is -2.17. The number of rotatable bonds is 4. The summed E-state index contributed by atoms with van der Waals surface area (Å²) < 4.78 is 1.15. The lowest BCUT2D eigenvalue weighted by Crippen LogP contribution is -2.42. The van der Waals surface area contributed by atoms with Gasteiger partial charge in [0.2, 0.25) is 0 Å². The van der Waals surface area contributed by atoms with Crippen molar-refractivity contribution in [3.05, 3.63) is 29.3 Å². The van der Waals surface area contributed by atoms with Crippen LogP contribution < -0.4 is 10.6 Å². The predicted molar refractivity (Wildman–Crippen MR) is 79.3 cm³/mol. The van der Waals surface area contributed by atoms with E-state index in [0.717, 1.165) is 15.2 Å². The van der Waals surface area contributed by atoms with Crippen molar-refractivity contribution in [2.45, 2.75) is 33.4 Å². The number of fused-ring (bicyclic) bond motifs is 1. The van der Waals surface area contributed by atoms with Gasteiger partial charge in [-0.15, -0.1) is 11.3 Å². The van der Waals surface area contributed by atoms with E-state index < -0.39 is 0 Å². The second kappa shape index (κ2) is 6.02. The summed E-state index contributed by atoms with van der Waals surface area (Å²) in [4.78, 5) is 16.2. The molecule has 0 aliphatic rings. The van der Waals surface area contributed by atoms with E-state index in [1.165, 1.54) is 0 Å². The average molecular weight is 277 g/mol. The van der Waals surface area contributed by atoms with Crippen LogP contribution in [0.3, 0.4) is 0 Å². The van der Waals surface area contributed by atoms with E-state index in [-0.39, 0.29) is 12.1 Å². The van der Waals surface area contributed by atoms with E-state index in [4.69, 9.17) is 0 Å². The number of para-hydroxylation sites is 1. The summed E-state index contributed by atoms with van der Waals surface area (Å²) in [7, 11) is 0. The fraction of sp³-hybridized carbons (Fsp3) is 0.429. The van der Waals surface area contributed by atoms with Gasteiger partial charge >= 0.3 is 6.03 Å². The van der Waals surface area contributed by atoms with Crippen LogP contribution in [-0.2, 0) is 6.54 Å². The molecule has 2 aromatic rings. The van der Waals surface area contributed by atoms with Crippen molar-refractivity contribution >= 4 is 27.6 Å². The molecule has 0 radical (unpaired) electrons. The van der Waals surface area contributed by atoms with E-state index >= 15 is 0 Å². The van der Waals surface area contributed by atoms with Crippen LogP contribution in [0.1, 0.15) is 25.8 Å². The van der Waals surface area contributed by atoms with Crippen molar-refractivity contribution in [1.82, 2.24) is 15.6 Å². The third kappa shape index (κ3) is 3.67. The molecule has 0 bridgehead atoms. The SMILES string of the molecule is CC(C)C(C)NC(=O)NCc1nc2ccccc2s1. The molecule has 0 fully saturated rings. The number of aromatic nitrogens is 1. The van der Waals surface area contributed by atoms with Crippen molar-refractivity contribution in [2.24, 2.45) is 5.92 Å². The van der Waals surface area contributed by atoms with Gasteiger partial charge in [-0.1, -0.05) is 26.0 Å². The molecule has 1 aromatic heterocycles. The molecule has 19 heavy (non-hydrogen) atoms. The van der Waals surface area contributed by atoms with Gasteiger partial charge in [0, 0.05) is 6.04 Å². The standard InChI is InChI=1S/C14H19N3OS/c1-9(2)10(3)16-14(18)15-8-13-17-11-6-4-5-7-12(11)19-13/h4-7,9-10H,8H2,1-3H3,(H2,15,16,18). The highest BCUT2D eigenvalue weighted by Gasteiger charge is 2.11. The summed E-state index contributed by atoms with van der Waals surface area (Å²) in [5.41, 5.74) is 0.986. The Morgan fingerprint density at radius 3 is 2.74 bits per heavy atom. The first-order chi connectivity index (χ1) is 9.06. The normalized spacial score (nSPS) is 12.6. The third-order valence-corrected chi connectivity index (χ3v) is 4.13. The van der Waals surface area contributed by atoms with Crippen LogP contribution in [0.15, 0.2) is 24.3 Å². The van der Waals surface area contributed by atoms with E-state index in [0.29, 0.717) is 12.5 Å². The van der Waals surface area contributed by atoms with Gasteiger partial charge in [-0.05, 0) is 25.0 Å². The molecule has 1 unspecified atom stereocenters.